The predicted octanol–water partition coefficient (Wildman–Crippen LogP) is 3.65. The monoisotopic (exact) mass is 377 g/mol. The van der Waals surface area contributed by atoms with E-state index in [9.17, 15) is 18.0 Å². The second-order valence-electron chi connectivity index (χ2n) is 5.54. The number of carbonyl (C=O) groups is 1. The number of anilines is 1. The van der Waals surface area contributed by atoms with Crippen LogP contribution in [0.2, 0.25) is 0 Å². The summed E-state index contributed by atoms with van der Waals surface area (Å²) < 4.78 is 43.8. The lowest BCUT2D eigenvalue weighted by molar-refractivity contribution is -0.150. The van der Waals surface area contributed by atoms with E-state index in [0.29, 0.717) is 11.6 Å². The van der Waals surface area contributed by atoms with Crippen molar-refractivity contribution in [2.24, 2.45) is 0 Å². The molecule has 0 fully saturated rings. The number of amides is 1. The van der Waals surface area contributed by atoms with Crippen molar-refractivity contribution in [2.75, 3.05) is 5.32 Å². The number of carbonyl (C=O) groups excluding carboxylic acids is 1. The molecule has 0 unspecified atom stereocenters. The molecule has 0 saturated carbocycles. The van der Waals surface area contributed by atoms with Crippen LogP contribution in [0, 0.1) is 6.92 Å². The summed E-state index contributed by atoms with van der Waals surface area (Å²) in [6.45, 7) is 1.83. The first-order valence-electron chi connectivity index (χ1n) is 7.79. The molecule has 2 aromatic heterocycles. The maximum atomic E-state index is 12.2. The molecule has 3 aromatic rings. The normalized spacial score (nSPS) is 11.3. The minimum absolute atomic E-state index is 0.230. The van der Waals surface area contributed by atoms with Gasteiger partial charge in [-0.3, -0.25) is 9.36 Å². The van der Waals surface area contributed by atoms with E-state index in [2.05, 4.69) is 20.5 Å². The molecule has 0 aliphatic rings. The minimum Gasteiger partial charge on any atom is -0.438 e. The van der Waals surface area contributed by atoms with Crippen molar-refractivity contribution in [2.45, 2.75) is 19.5 Å². The zero-order chi connectivity index (χ0) is 19.4. The van der Waals surface area contributed by atoms with Crippen molar-refractivity contribution < 1.29 is 22.7 Å². The Bertz CT molecular complexity index is 921. The fraction of sp³-hybridized carbons (Fsp3) is 0.176. The number of nitrogens with one attached hydrogen (secondary N) is 1. The van der Waals surface area contributed by atoms with Gasteiger partial charge in [0.2, 0.25) is 11.8 Å². The van der Waals surface area contributed by atoms with Crippen LogP contribution in [0.1, 0.15) is 12.2 Å². The number of nitrogens with zero attached hydrogens (tertiary/aromatic N) is 4. The number of imidazole rings is 1. The smallest absolute Gasteiger partial charge is 0.397 e. The van der Waals surface area contributed by atoms with Crippen molar-refractivity contribution in [1.29, 1.82) is 0 Å². The highest BCUT2D eigenvalue weighted by Crippen LogP contribution is 2.23. The van der Waals surface area contributed by atoms with Crippen LogP contribution in [0.25, 0.3) is 5.82 Å². The molecule has 0 saturated heterocycles. The summed E-state index contributed by atoms with van der Waals surface area (Å²) in [5, 5.41) is 10.2. The lowest BCUT2D eigenvalue weighted by atomic mass is 10.3. The first kappa shape index (κ1) is 18.4. The summed E-state index contributed by atoms with van der Waals surface area (Å²) in [5.74, 6) is 0.851. The van der Waals surface area contributed by atoms with Gasteiger partial charge in [0.15, 0.2) is 5.82 Å². The number of aryl methyl sites for hydroxylation is 1. The van der Waals surface area contributed by atoms with Crippen molar-refractivity contribution in [3.05, 3.63) is 54.6 Å². The molecule has 3 rings (SSSR count). The molecular formula is C17H14F3N5O2. The van der Waals surface area contributed by atoms with E-state index in [1.165, 1.54) is 24.3 Å². The summed E-state index contributed by atoms with van der Waals surface area (Å²) in [4.78, 5) is 15.4. The third kappa shape index (κ3) is 5.03. The van der Waals surface area contributed by atoms with E-state index in [1.807, 2.05) is 6.92 Å². The lowest BCUT2D eigenvalue weighted by Crippen LogP contribution is -2.21. The highest BCUT2D eigenvalue weighted by Gasteiger charge is 2.31. The molecule has 1 aromatic carbocycles. The number of aromatic nitrogens is 4. The molecule has 1 N–H and O–H groups in total. The van der Waals surface area contributed by atoms with Gasteiger partial charge in [-0.25, -0.2) is 4.98 Å². The van der Waals surface area contributed by atoms with Gasteiger partial charge in [0.1, 0.15) is 18.0 Å². The van der Waals surface area contributed by atoms with Crippen LogP contribution in [0.5, 0.6) is 11.6 Å². The Morgan fingerprint density at radius 2 is 1.89 bits per heavy atom. The van der Waals surface area contributed by atoms with E-state index < -0.39 is 18.5 Å². The summed E-state index contributed by atoms with van der Waals surface area (Å²) in [5.41, 5.74) is 0.230. The van der Waals surface area contributed by atoms with E-state index in [-0.39, 0.29) is 11.6 Å². The van der Waals surface area contributed by atoms with Gasteiger partial charge in [0.25, 0.3) is 0 Å². The maximum Gasteiger partial charge on any atom is 0.397 e. The largest absolute Gasteiger partial charge is 0.438 e. The van der Waals surface area contributed by atoms with Crippen molar-refractivity contribution >= 4 is 11.6 Å². The molecule has 0 spiro atoms. The maximum absolute atomic E-state index is 12.2. The average Bonchev–Trinajstić information content (AvgIpc) is 3.02. The first-order chi connectivity index (χ1) is 12.8. The fourth-order valence-corrected chi connectivity index (χ4v) is 2.23. The Kier molecular flexibility index (Phi) is 5.06. The van der Waals surface area contributed by atoms with Crippen molar-refractivity contribution in [3.63, 3.8) is 0 Å². The number of rotatable bonds is 5. The molecule has 2 heterocycles. The number of hydrogen-bond acceptors (Lipinski definition) is 5. The molecule has 10 heteroatoms. The van der Waals surface area contributed by atoms with Gasteiger partial charge in [-0.2, -0.15) is 13.2 Å². The standard InChI is InChI=1S/C17H14F3N5O2/c1-11-21-8-9-25(11)14-6-7-16(24-23-14)27-13-4-2-12(3-5-13)22-15(26)10-17(18,19)20/h2-9H,10H2,1H3,(H,22,26). The van der Waals surface area contributed by atoms with Gasteiger partial charge in [-0.1, -0.05) is 0 Å². The molecule has 0 radical (unpaired) electrons. The van der Waals surface area contributed by atoms with Gasteiger partial charge in [-0.15, -0.1) is 10.2 Å². The topological polar surface area (TPSA) is 81.9 Å². The van der Waals surface area contributed by atoms with Crippen LogP contribution < -0.4 is 10.1 Å². The highest BCUT2D eigenvalue weighted by molar-refractivity contribution is 5.91. The average molecular weight is 377 g/mol. The predicted molar refractivity (Wildman–Crippen MR) is 89.7 cm³/mol. The molecular weight excluding hydrogens is 363 g/mol. The Morgan fingerprint density at radius 3 is 2.44 bits per heavy atom. The van der Waals surface area contributed by atoms with Gasteiger partial charge in [0.05, 0.1) is 0 Å². The second-order valence-corrected chi connectivity index (χ2v) is 5.54. The van der Waals surface area contributed by atoms with Crippen LogP contribution in [0.3, 0.4) is 0 Å². The van der Waals surface area contributed by atoms with Crippen LogP contribution in [-0.4, -0.2) is 31.8 Å². The number of ether oxygens (including phenoxy) is 1. The second kappa shape index (κ2) is 7.44. The molecule has 7 nitrogen and oxygen atoms in total. The Balaban J connectivity index is 1.61. The SMILES string of the molecule is Cc1nccn1-c1ccc(Oc2ccc(NC(=O)CC(F)(F)F)cc2)nn1. The molecule has 0 bridgehead atoms. The summed E-state index contributed by atoms with van der Waals surface area (Å²) >= 11 is 0. The van der Waals surface area contributed by atoms with Gasteiger partial charge in [-0.05, 0) is 37.3 Å². The summed E-state index contributed by atoms with van der Waals surface area (Å²) in [7, 11) is 0. The van der Waals surface area contributed by atoms with Gasteiger partial charge < -0.3 is 10.1 Å². The molecule has 140 valence electrons. The van der Waals surface area contributed by atoms with Gasteiger partial charge in [0, 0.05) is 24.1 Å². The van der Waals surface area contributed by atoms with E-state index in [1.54, 1.807) is 29.1 Å². The molecule has 0 aliphatic carbocycles. The lowest BCUT2D eigenvalue weighted by Gasteiger charge is -2.09. The number of hydrogen-bond donors (Lipinski definition) is 1. The zero-order valence-corrected chi connectivity index (χ0v) is 14.1. The number of halogens is 3. The van der Waals surface area contributed by atoms with Crippen molar-refractivity contribution in [3.8, 4) is 17.4 Å². The molecule has 1 amide bonds. The summed E-state index contributed by atoms with van der Waals surface area (Å²) in [6.07, 6.45) is -2.68. The van der Waals surface area contributed by atoms with Crippen molar-refractivity contribution in [1.82, 2.24) is 19.7 Å². The minimum atomic E-state index is -4.55. The molecule has 0 atom stereocenters. The number of benzene rings is 1. The third-order valence-corrected chi connectivity index (χ3v) is 3.42. The number of alkyl halides is 3. The zero-order valence-electron chi connectivity index (χ0n) is 14.1. The Morgan fingerprint density at radius 1 is 1.15 bits per heavy atom. The van der Waals surface area contributed by atoms with Crippen LogP contribution in [0.15, 0.2) is 48.8 Å². The molecule has 0 aliphatic heterocycles. The van der Waals surface area contributed by atoms with E-state index in [0.717, 1.165) is 5.82 Å². The fourth-order valence-electron chi connectivity index (χ4n) is 2.23. The molecule has 27 heavy (non-hydrogen) atoms. The highest BCUT2D eigenvalue weighted by atomic mass is 19.4. The van der Waals surface area contributed by atoms with E-state index >= 15 is 0 Å². The first-order valence-corrected chi connectivity index (χ1v) is 7.79. The van der Waals surface area contributed by atoms with Crippen LogP contribution >= 0.6 is 0 Å². The van der Waals surface area contributed by atoms with Crippen LogP contribution in [0.4, 0.5) is 18.9 Å². The van der Waals surface area contributed by atoms with Crippen LogP contribution in [-0.2, 0) is 4.79 Å². The Hall–Kier alpha value is -3.43. The van der Waals surface area contributed by atoms with E-state index in [4.69, 9.17) is 4.74 Å². The summed E-state index contributed by atoms with van der Waals surface area (Å²) in [6, 6.07) is 9.20. The quantitative estimate of drug-likeness (QED) is 0.734. The third-order valence-electron chi connectivity index (χ3n) is 3.42. The Labute approximate surface area is 151 Å². The van der Waals surface area contributed by atoms with Gasteiger partial charge >= 0.3 is 6.18 Å².